The number of pyridine rings is 1. The summed E-state index contributed by atoms with van der Waals surface area (Å²) in [5.41, 5.74) is 2.92. The molecular weight excluding hydrogens is 482 g/mol. The topological polar surface area (TPSA) is 109 Å². The van der Waals surface area contributed by atoms with Crippen molar-refractivity contribution in [1.82, 2.24) is 38.9 Å². The van der Waals surface area contributed by atoms with Gasteiger partial charge < -0.3 is 19.4 Å². The molecule has 1 aliphatic heterocycles. The van der Waals surface area contributed by atoms with Crippen molar-refractivity contribution in [1.29, 1.82) is 0 Å². The second-order valence-electron chi connectivity index (χ2n) is 9.87. The molecule has 1 atom stereocenters. The van der Waals surface area contributed by atoms with E-state index in [1.807, 2.05) is 11.6 Å². The second-order valence-corrected chi connectivity index (χ2v) is 10.2. The van der Waals surface area contributed by atoms with Gasteiger partial charge in [-0.2, -0.15) is 15.2 Å². The highest BCUT2D eigenvalue weighted by Crippen LogP contribution is 2.37. The molecule has 0 spiro atoms. The molecule has 6 rings (SSSR count). The maximum absolute atomic E-state index is 6.78. The highest BCUT2D eigenvalue weighted by atomic mass is 35.5. The summed E-state index contributed by atoms with van der Waals surface area (Å²) >= 11 is 6.78. The third kappa shape index (κ3) is 3.84. The van der Waals surface area contributed by atoms with Crippen molar-refractivity contribution in [3.05, 3.63) is 47.8 Å². The van der Waals surface area contributed by atoms with E-state index >= 15 is 0 Å². The molecule has 0 saturated carbocycles. The number of hydrogen-bond acceptors (Lipinski definition) is 8. The first-order valence-electron chi connectivity index (χ1n) is 11.7. The zero-order valence-electron chi connectivity index (χ0n) is 20.4. The number of halogens is 1. The second kappa shape index (κ2) is 8.45. The molecule has 1 fully saturated rings. The molecular formula is C24H26ClN9O2. The van der Waals surface area contributed by atoms with Gasteiger partial charge >= 0.3 is 0 Å². The quantitative estimate of drug-likeness (QED) is 0.366. The summed E-state index contributed by atoms with van der Waals surface area (Å²) in [6.07, 6.45) is 9.21. The molecule has 5 aromatic rings. The molecule has 12 heteroatoms. The average molecular weight is 508 g/mol. The van der Waals surface area contributed by atoms with Crippen molar-refractivity contribution in [2.45, 2.75) is 38.6 Å². The Morgan fingerprint density at radius 2 is 2.06 bits per heavy atom. The van der Waals surface area contributed by atoms with Crippen LogP contribution in [0.2, 0.25) is 5.02 Å². The molecule has 0 aromatic carbocycles. The highest BCUT2D eigenvalue weighted by molar-refractivity contribution is 6.36. The van der Waals surface area contributed by atoms with Crippen molar-refractivity contribution >= 4 is 40.0 Å². The fraction of sp³-hybridized carbons (Fsp3) is 0.375. The van der Waals surface area contributed by atoms with Gasteiger partial charge in [0.05, 0.1) is 31.2 Å². The predicted molar refractivity (Wildman–Crippen MR) is 135 cm³/mol. The molecule has 0 amide bonds. The van der Waals surface area contributed by atoms with Crippen LogP contribution in [0.4, 0.5) is 11.8 Å². The van der Waals surface area contributed by atoms with E-state index in [1.165, 1.54) is 0 Å². The number of fused-ring (bicyclic) bond motifs is 2. The number of aryl methyl sites for hydroxylation is 1. The molecule has 1 unspecified atom stereocenters. The largest absolute Gasteiger partial charge is 0.450 e. The van der Waals surface area contributed by atoms with Crippen LogP contribution in [0.15, 0.2) is 37.1 Å². The van der Waals surface area contributed by atoms with Crippen molar-refractivity contribution < 1.29 is 9.47 Å². The number of imidazole rings is 1. The molecule has 0 radical (unpaired) electrons. The third-order valence-electron chi connectivity index (χ3n) is 6.31. The van der Waals surface area contributed by atoms with E-state index in [-0.39, 0.29) is 11.5 Å². The van der Waals surface area contributed by atoms with E-state index in [9.17, 15) is 0 Å². The summed E-state index contributed by atoms with van der Waals surface area (Å²) in [5, 5.41) is 12.9. The molecule has 1 saturated heterocycles. The molecule has 36 heavy (non-hydrogen) atoms. The van der Waals surface area contributed by atoms with E-state index in [1.54, 1.807) is 35.5 Å². The summed E-state index contributed by atoms with van der Waals surface area (Å²) in [4.78, 5) is 13.3. The first-order chi connectivity index (χ1) is 17.3. The summed E-state index contributed by atoms with van der Waals surface area (Å²) in [7, 11) is 1.88. The molecule has 186 valence electrons. The van der Waals surface area contributed by atoms with Crippen LogP contribution in [0.3, 0.4) is 0 Å². The number of nitrogens with one attached hydrogen (secondary N) is 1. The van der Waals surface area contributed by atoms with E-state index in [2.05, 4.69) is 56.9 Å². The van der Waals surface area contributed by atoms with Crippen molar-refractivity contribution in [2.75, 3.05) is 18.5 Å². The fourth-order valence-electron chi connectivity index (χ4n) is 4.43. The van der Waals surface area contributed by atoms with Crippen LogP contribution >= 0.6 is 11.6 Å². The molecule has 1 aliphatic rings. The molecule has 11 nitrogen and oxygen atoms in total. The van der Waals surface area contributed by atoms with Crippen LogP contribution in [0.25, 0.3) is 16.7 Å². The molecule has 6 heterocycles. The van der Waals surface area contributed by atoms with Crippen LogP contribution in [0.5, 0.6) is 11.5 Å². The van der Waals surface area contributed by atoms with E-state index in [0.717, 1.165) is 24.2 Å². The lowest BCUT2D eigenvalue weighted by molar-refractivity contribution is 0.183. The van der Waals surface area contributed by atoms with Gasteiger partial charge in [-0.05, 0) is 6.42 Å². The van der Waals surface area contributed by atoms with E-state index in [4.69, 9.17) is 26.2 Å². The van der Waals surface area contributed by atoms with Gasteiger partial charge in [0.25, 0.3) is 0 Å². The first kappa shape index (κ1) is 22.7. The lowest BCUT2D eigenvalue weighted by atomic mass is 9.91. The van der Waals surface area contributed by atoms with Crippen molar-refractivity contribution in [2.24, 2.45) is 7.05 Å². The minimum atomic E-state index is -0.0768. The fourth-order valence-corrected chi connectivity index (χ4v) is 4.73. The number of ether oxygens (including phenoxy) is 2. The Labute approximate surface area is 212 Å². The van der Waals surface area contributed by atoms with Gasteiger partial charge in [0.1, 0.15) is 16.1 Å². The first-order valence-corrected chi connectivity index (χ1v) is 12.1. The van der Waals surface area contributed by atoms with Gasteiger partial charge in [0.15, 0.2) is 23.0 Å². The highest BCUT2D eigenvalue weighted by Gasteiger charge is 2.28. The minimum absolute atomic E-state index is 0.0768. The number of nitrogens with zero attached hydrogens (tertiary/aromatic N) is 8. The standard InChI is InChI=1S/C24H26ClN9O2/c1-24(2,3)18-9-19(31-34(18)14-5-8-35-13-14)29-23-30-22-21(32(23)4)20(25)17(11-27-22)36-16-12-28-33-7-6-26-10-15(16)33/h6-7,9-12,14H,5,8,13H2,1-4H3,(H,27,29,30,31). The zero-order chi connectivity index (χ0) is 25.0. The average Bonchev–Trinajstić information content (AvgIpc) is 3.63. The van der Waals surface area contributed by atoms with Crippen LogP contribution in [-0.4, -0.2) is 52.1 Å². The summed E-state index contributed by atoms with van der Waals surface area (Å²) < 4.78 is 17.3. The van der Waals surface area contributed by atoms with Gasteiger partial charge in [-0.15, -0.1) is 0 Å². The maximum atomic E-state index is 6.78. The lowest BCUT2D eigenvalue weighted by Gasteiger charge is -2.22. The normalized spacial score (nSPS) is 16.3. The molecule has 0 aliphatic carbocycles. The maximum Gasteiger partial charge on any atom is 0.210 e. The van der Waals surface area contributed by atoms with Crippen LogP contribution in [-0.2, 0) is 17.2 Å². The predicted octanol–water partition coefficient (Wildman–Crippen LogP) is 4.66. The van der Waals surface area contributed by atoms with E-state index in [0.29, 0.717) is 46.1 Å². The Bertz CT molecular complexity index is 1570. The van der Waals surface area contributed by atoms with Crippen LogP contribution in [0.1, 0.15) is 38.9 Å². The van der Waals surface area contributed by atoms with Crippen molar-refractivity contribution in [3.63, 3.8) is 0 Å². The van der Waals surface area contributed by atoms with Crippen LogP contribution in [0, 0.1) is 0 Å². The Morgan fingerprint density at radius 3 is 2.83 bits per heavy atom. The molecule has 1 N–H and O–H groups in total. The minimum Gasteiger partial charge on any atom is -0.450 e. The Kier molecular flexibility index (Phi) is 5.34. The summed E-state index contributed by atoms with van der Waals surface area (Å²) in [6, 6.07) is 2.29. The number of rotatable bonds is 5. The number of hydrogen-bond donors (Lipinski definition) is 1. The van der Waals surface area contributed by atoms with Gasteiger partial charge in [0, 0.05) is 43.2 Å². The van der Waals surface area contributed by atoms with Gasteiger partial charge in [-0.25, -0.2) is 9.50 Å². The van der Waals surface area contributed by atoms with Gasteiger partial charge in [0.2, 0.25) is 5.95 Å². The van der Waals surface area contributed by atoms with Crippen LogP contribution < -0.4 is 10.1 Å². The number of aromatic nitrogens is 8. The molecule has 0 bridgehead atoms. The Balaban J connectivity index is 1.34. The van der Waals surface area contributed by atoms with E-state index < -0.39 is 0 Å². The Hall–Kier alpha value is -3.70. The summed E-state index contributed by atoms with van der Waals surface area (Å²) in [6.45, 7) is 7.96. The smallest absolute Gasteiger partial charge is 0.210 e. The molecule has 5 aromatic heterocycles. The van der Waals surface area contributed by atoms with Crippen molar-refractivity contribution in [3.8, 4) is 11.5 Å². The number of anilines is 2. The lowest BCUT2D eigenvalue weighted by Crippen LogP contribution is -2.22. The Morgan fingerprint density at radius 1 is 1.19 bits per heavy atom. The van der Waals surface area contributed by atoms with Gasteiger partial charge in [-0.1, -0.05) is 32.4 Å². The zero-order valence-corrected chi connectivity index (χ0v) is 21.2. The third-order valence-corrected chi connectivity index (χ3v) is 6.68. The van der Waals surface area contributed by atoms with Gasteiger partial charge in [-0.3, -0.25) is 9.67 Å². The monoisotopic (exact) mass is 507 g/mol. The SMILES string of the molecule is Cn1c(Nc2cc(C(C)(C)C)n(C3CCOC3)n2)nc2ncc(Oc3cnn4ccncc34)c(Cl)c21. The summed E-state index contributed by atoms with van der Waals surface area (Å²) in [5.74, 6) is 2.21.